The third-order valence-corrected chi connectivity index (χ3v) is 5.29. The highest BCUT2D eigenvalue weighted by Gasteiger charge is 2.46. The van der Waals surface area contributed by atoms with Crippen LogP contribution in [0.5, 0.6) is 0 Å². The van der Waals surface area contributed by atoms with Crippen LogP contribution >= 0.6 is 0 Å². The lowest BCUT2D eigenvalue weighted by molar-refractivity contribution is 0.629. The summed E-state index contributed by atoms with van der Waals surface area (Å²) < 4.78 is 0. The maximum Gasteiger partial charge on any atom is 0.0159 e. The molecule has 0 aromatic heterocycles. The fourth-order valence-electron chi connectivity index (χ4n) is 4.20. The van der Waals surface area contributed by atoms with E-state index in [2.05, 4.69) is 65.0 Å². The molecule has 0 bridgehead atoms. The summed E-state index contributed by atoms with van der Waals surface area (Å²) in [4.78, 5) is 0. The number of hydrogen-bond donors (Lipinski definition) is 0. The van der Waals surface area contributed by atoms with Gasteiger partial charge in [-0.15, -0.1) is 0 Å². The van der Waals surface area contributed by atoms with Gasteiger partial charge in [-0.2, -0.15) is 0 Å². The smallest absolute Gasteiger partial charge is 0.0159 e. The van der Waals surface area contributed by atoms with Crippen molar-refractivity contribution in [1.82, 2.24) is 0 Å². The maximum atomic E-state index is 2.39. The summed E-state index contributed by atoms with van der Waals surface area (Å²) in [5.74, 6) is 0. The Balaban J connectivity index is 2.27. The van der Waals surface area contributed by atoms with Gasteiger partial charge in [-0.3, -0.25) is 0 Å². The van der Waals surface area contributed by atoms with Crippen molar-refractivity contribution >= 4 is 0 Å². The standard InChI is InChI=1S/C19H20/c1-11-9-14-17-15(10-11)19(4,5)13-8-6-7-12(16(13)17)18(14,2)3/h6-10H,1-5H3. The molecule has 2 aliphatic rings. The van der Waals surface area contributed by atoms with Gasteiger partial charge < -0.3 is 0 Å². The first kappa shape index (κ1) is 11.3. The Bertz CT molecular complexity index is 674. The number of aryl methyl sites for hydroxylation is 1. The van der Waals surface area contributed by atoms with Crippen LogP contribution in [0.3, 0.4) is 0 Å². The van der Waals surface area contributed by atoms with Crippen LogP contribution in [-0.2, 0) is 10.8 Å². The van der Waals surface area contributed by atoms with Crippen molar-refractivity contribution in [3.05, 3.63) is 58.1 Å². The van der Waals surface area contributed by atoms with Crippen molar-refractivity contribution in [2.45, 2.75) is 45.4 Å². The molecule has 0 amide bonds. The first-order chi connectivity index (χ1) is 8.85. The van der Waals surface area contributed by atoms with Gasteiger partial charge in [0.1, 0.15) is 0 Å². The molecule has 0 radical (unpaired) electrons. The zero-order valence-electron chi connectivity index (χ0n) is 12.4. The van der Waals surface area contributed by atoms with Crippen LogP contribution in [-0.4, -0.2) is 0 Å². The second kappa shape index (κ2) is 2.95. The van der Waals surface area contributed by atoms with E-state index in [0.29, 0.717) is 0 Å². The monoisotopic (exact) mass is 248 g/mol. The Kier molecular flexibility index (Phi) is 1.75. The van der Waals surface area contributed by atoms with Gasteiger partial charge in [-0.25, -0.2) is 0 Å². The van der Waals surface area contributed by atoms with Crippen molar-refractivity contribution in [2.24, 2.45) is 0 Å². The van der Waals surface area contributed by atoms with E-state index in [-0.39, 0.29) is 10.8 Å². The molecular formula is C19H20. The fraction of sp³-hybridized carbons (Fsp3) is 0.368. The molecule has 0 heteroatoms. The van der Waals surface area contributed by atoms with Gasteiger partial charge in [0.2, 0.25) is 0 Å². The maximum absolute atomic E-state index is 2.39. The van der Waals surface area contributed by atoms with Crippen LogP contribution in [0.2, 0.25) is 0 Å². The Morgan fingerprint density at radius 1 is 0.684 bits per heavy atom. The highest BCUT2D eigenvalue weighted by molar-refractivity contribution is 5.91. The molecule has 2 aliphatic carbocycles. The predicted octanol–water partition coefficient (Wildman–Crippen LogP) is 4.94. The molecule has 0 fully saturated rings. The predicted molar refractivity (Wildman–Crippen MR) is 80.9 cm³/mol. The number of hydrogen-bond acceptors (Lipinski definition) is 0. The van der Waals surface area contributed by atoms with Crippen LogP contribution in [0.25, 0.3) is 11.1 Å². The average molecular weight is 248 g/mol. The van der Waals surface area contributed by atoms with E-state index < -0.39 is 0 Å². The molecule has 4 rings (SSSR count). The number of benzene rings is 2. The molecule has 19 heavy (non-hydrogen) atoms. The summed E-state index contributed by atoms with van der Waals surface area (Å²) >= 11 is 0. The molecule has 0 atom stereocenters. The lowest BCUT2D eigenvalue weighted by Gasteiger charge is -2.28. The zero-order chi connectivity index (χ0) is 13.6. The van der Waals surface area contributed by atoms with E-state index in [9.17, 15) is 0 Å². The molecule has 0 unspecified atom stereocenters. The van der Waals surface area contributed by atoms with Gasteiger partial charge in [0.15, 0.2) is 0 Å². The topological polar surface area (TPSA) is 0 Å². The van der Waals surface area contributed by atoms with E-state index in [1.54, 1.807) is 0 Å². The Morgan fingerprint density at radius 2 is 1.11 bits per heavy atom. The normalized spacial score (nSPS) is 19.6. The first-order valence-corrected chi connectivity index (χ1v) is 7.15. The van der Waals surface area contributed by atoms with Gasteiger partial charge in [0.05, 0.1) is 0 Å². The second-order valence-electron chi connectivity index (χ2n) is 7.21. The summed E-state index contributed by atoms with van der Waals surface area (Å²) in [5.41, 5.74) is 10.8. The molecule has 0 spiro atoms. The first-order valence-electron chi connectivity index (χ1n) is 7.15. The van der Waals surface area contributed by atoms with Gasteiger partial charge in [-0.1, -0.05) is 63.6 Å². The van der Waals surface area contributed by atoms with E-state index in [1.165, 1.54) is 38.9 Å². The highest BCUT2D eigenvalue weighted by atomic mass is 14.5. The second-order valence-corrected chi connectivity index (χ2v) is 7.21. The molecule has 0 saturated carbocycles. The molecule has 2 aromatic rings. The third-order valence-electron chi connectivity index (χ3n) is 5.29. The van der Waals surface area contributed by atoms with E-state index in [4.69, 9.17) is 0 Å². The minimum atomic E-state index is 0.151. The van der Waals surface area contributed by atoms with Gasteiger partial charge in [0, 0.05) is 10.8 Å². The summed E-state index contributed by atoms with van der Waals surface area (Å²) in [6.45, 7) is 11.7. The van der Waals surface area contributed by atoms with Crippen LogP contribution < -0.4 is 0 Å². The van der Waals surface area contributed by atoms with E-state index in [1.807, 2.05) is 0 Å². The lowest BCUT2D eigenvalue weighted by Crippen LogP contribution is -2.21. The largest absolute Gasteiger partial charge is 0.0616 e. The molecule has 0 aliphatic heterocycles. The summed E-state index contributed by atoms with van der Waals surface area (Å²) in [6, 6.07) is 11.7. The molecule has 2 aromatic carbocycles. The highest BCUT2D eigenvalue weighted by Crippen LogP contribution is 2.60. The average Bonchev–Trinajstić information content (AvgIpc) is 2.70. The van der Waals surface area contributed by atoms with Gasteiger partial charge >= 0.3 is 0 Å². The summed E-state index contributed by atoms with van der Waals surface area (Å²) in [6.07, 6.45) is 0. The fourth-order valence-corrected chi connectivity index (χ4v) is 4.20. The number of rotatable bonds is 0. The molecule has 0 heterocycles. The molecule has 0 nitrogen and oxygen atoms in total. The lowest BCUT2D eigenvalue weighted by atomic mass is 9.75. The Labute approximate surface area is 115 Å². The summed E-state index contributed by atoms with van der Waals surface area (Å²) in [7, 11) is 0. The van der Waals surface area contributed by atoms with Crippen LogP contribution in [0.1, 0.15) is 55.5 Å². The Hall–Kier alpha value is -1.56. The van der Waals surface area contributed by atoms with Crippen molar-refractivity contribution in [3.63, 3.8) is 0 Å². The van der Waals surface area contributed by atoms with Crippen molar-refractivity contribution in [1.29, 1.82) is 0 Å². The van der Waals surface area contributed by atoms with Crippen molar-refractivity contribution in [2.75, 3.05) is 0 Å². The SMILES string of the molecule is Cc1cc2c3c(c1)C(C)(C)c1cccc(c1-3)C2(C)C. The van der Waals surface area contributed by atoms with Gasteiger partial charge in [0.25, 0.3) is 0 Å². The third kappa shape index (κ3) is 1.08. The van der Waals surface area contributed by atoms with Crippen LogP contribution in [0, 0.1) is 6.92 Å². The van der Waals surface area contributed by atoms with Crippen LogP contribution in [0.4, 0.5) is 0 Å². The quantitative estimate of drug-likeness (QED) is 0.619. The van der Waals surface area contributed by atoms with E-state index >= 15 is 0 Å². The Morgan fingerprint density at radius 3 is 1.58 bits per heavy atom. The van der Waals surface area contributed by atoms with Crippen molar-refractivity contribution < 1.29 is 0 Å². The summed E-state index contributed by atoms with van der Waals surface area (Å²) in [5, 5.41) is 0. The zero-order valence-corrected chi connectivity index (χ0v) is 12.4. The molecular weight excluding hydrogens is 228 g/mol. The minimum absolute atomic E-state index is 0.151. The van der Waals surface area contributed by atoms with E-state index in [0.717, 1.165) is 0 Å². The van der Waals surface area contributed by atoms with Gasteiger partial charge in [-0.05, 0) is 40.3 Å². The minimum Gasteiger partial charge on any atom is -0.0616 e. The molecule has 0 saturated heterocycles. The molecule has 0 N–H and O–H groups in total. The molecule has 96 valence electrons. The van der Waals surface area contributed by atoms with Crippen LogP contribution in [0.15, 0.2) is 30.3 Å². The van der Waals surface area contributed by atoms with Crippen molar-refractivity contribution in [3.8, 4) is 11.1 Å².